The predicted octanol–water partition coefficient (Wildman–Crippen LogP) is 2.08. The largest absolute Gasteiger partial charge is 0.303 e. The van der Waals surface area contributed by atoms with Gasteiger partial charge >= 0.3 is 0 Å². The fourth-order valence-corrected chi connectivity index (χ4v) is 1.21. The summed E-state index contributed by atoms with van der Waals surface area (Å²) >= 11 is 0. The van der Waals surface area contributed by atoms with Gasteiger partial charge in [0.2, 0.25) is 0 Å². The lowest BCUT2D eigenvalue weighted by atomic mass is 10.1. The number of nitrogens with one attached hydrogen (secondary N) is 2. The molecule has 0 atom stereocenters. The van der Waals surface area contributed by atoms with Gasteiger partial charge < -0.3 is 5.41 Å². The number of hydrogen-bond acceptors (Lipinski definition) is 3. The number of hydrogen-bond donors (Lipinski definition) is 2. The molecule has 2 rings (SSSR count). The third kappa shape index (κ3) is 2.06. The van der Waals surface area contributed by atoms with Crippen LogP contribution in [0.4, 0.5) is 5.69 Å². The lowest BCUT2D eigenvalue weighted by molar-refractivity contribution is 1.29. The number of fused-ring (bicyclic) bond motifs is 1. The van der Waals surface area contributed by atoms with Crippen LogP contribution in [0, 0.1) is 5.41 Å². The number of nitrogens with zero attached hydrogens (tertiary/aromatic N) is 1. The maximum absolute atomic E-state index is 7.47. The summed E-state index contributed by atoms with van der Waals surface area (Å²) in [6.45, 7) is 0. The summed E-state index contributed by atoms with van der Waals surface area (Å²) in [6.07, 6.45) is 2.20. The molecule has 0 bridgehead atoms. The average Bonchev–Trinajstić information content (AvgIpc) is 2.25. The Balaban J connectivity index is 0.000000845. The van der Waals surface area contributed by atoms with Crippen LogP contribution >= 0.6 is 12.4 Å². The summed E-state index contributed by atoms with van der Waals surface area (Å²) in [4.78, 5) is 0. The minimum absolute atomic E-state index is 0. The van der Waals surface area contributed by atoms with Gasteiger partial charge in [-0.3, -0.25) is 5.43 Å². The monoisotopic (exact) mass is 195 g/mol. The van der Waals surface area contributed by atoms with Gasteiger partial charge in [-0.05, 0) is 11.6 Å². The topological polar surface area (TPSA) is 48.2 Å². The second kappa shape index (κ2) is 4.05. The normalized spacial score (nSPS) is 13.7. The molecule has 4 heteroatoms. The molecule has 1 aliphatic rings. The number of halogens is 1. The van der Waals surface area contributed by atoms with Gasteiger partial charge in [-0.15, -0.1) is 12.4 Å². The Morgan fingerprint density at radius 2 is 2.08 bits per heavy atom. The lowest BCUT2D eigenvalue weighted by Gasteiger charge is -2.02. The van der Waals surface area contributed by atoms with E-state index in [1.54, 1.807) is 6.21 Å². The second-order valence-electron chi connectivity index (χ2n) is 2.73. The highest BCUT2D eigenvalue weighted by Gasteiger charge is 2.05. The van der Waals surface area contributed by atoms with Gasteiger partial charge in [0.15, 0.2) is 0 Å². The van der Waals surface area contributed by atoms with Crippen molar-refractivity contribution in [2.75, 3.05) is 5.43 Å². The van der Waals surface area contributed by atoms with Gasteiger partial charge in [0.05, 0.1) is 17.6 Å². The van der Waals surface area contributed by atoms with E-state index in [1.165, 1.54) is 0 Å². The van der Waals surface area contributed by atoms with E-state index in [1.807, 2.05) is 24.3 Å². The SMILES string of the molecule is Cl.N=C1C=NNc2ccccc2C1. The highest BCUT2D eigenvalue weighted by atomic mass is 35.5. The van der Waals surface area contributed by atoms with Crippen molar-refractivity contribution in [2.24, 2.45) is 5.10 Å². The van der Waals surface area contributed by atoms with Gasteiger partial charge in [0, 0.05) is 6.42 Å². The summed E-state index contributed by atoms with van der Waals surface area (Å²) in [5.41, 5.74) is 5.54. The van der Waals surface area contributed by atoms with Crippen LogP contribution in [0.15, 0.2) is 29.4 Å². The number of anilines is 1. The van der Waals surface area contributed by atoms with E-state index in [4.69, 9.17) is 5.41 Å². The zero-order valence-corrected chi connectivity index (χ0v) is 7.77. The zero-order valence-electron chi connectivity index (χ0n) is 6.95. The first-order valence-corrected chi connectivity index (χ1v) is 3.80. The molecular weight excluding hydrogens is 186 g/mol. The molecule has 0 saturated heterocycles. The van der Waals surface area contributed by atoms with Crippen molar-refractivity contribution in [3.8, 4) is 0 Å². The van der Waals surface area contributed by atoms with Crippen LogP contribution in [-0.2, 0) is 6.42 Å². The minimum Gasteiger partial charge on any atom is -0.303 e. The maximum atomic E-state index is 7.47. The molecule has 1 aromatic carbocycles. The molecule has 1 aliphatic heterocycles. The smallest absolute Gasteiger partial charge is 0.0683 e. The summed E-state index contributed by atoms with van der Waals surface area (Å²) < 4.78 is 0. The summed E-state index contributed by atoms with van der Waals surface area (Å²) in [5.74, 6) is 0. The lowest BCUT2D eigenvalue weighted by Crippen LogP contribution is -2.00. The first-order chi connectivity index (χ1) is 5.86. The Hall–Kier alpha value is -1.35. The summed E-state index contributed by atoms with van der Waals surface area (Å²) in [7, 11) is 0. The van der Waals surface area contributed by atoms with Crippen LogP contribution in [-0.4, -0.2) is 11.9 Å². The highest BCUT2D eigenvalue weighted by Crippen LogP contribution is 2.16. The summed E-state index contributed by atoms with van der Waals surface area (Å²) in [5, 5.41) is 11.4. The first-order valence-electron chi connectivity index (χ1n) is 3.80. The molecule has 0 amide bonds. The van der Waals surface area contributed by atoms with Crippen LogP contribution in [0.25, 0.3) is 0 Å². The van der Waals surface area contributed by atoms with Crippen LogP contribution in [0.5, 0.6) is 0 Å². The first kappa shape index (κ1) is 9.74. The third-order valence-electron chi connectivity index (χ3n) is 1.80. The van der Waals surface area contributed by atoms with Crippen LogP contribution < -0.4 is 5.43 Å². The molecule has 13 heavy (non-hydrogen) atoms. The summed E-state index contributed by atoms with van der Waals surface area (Å²) in [6, 6.07) is 7.90. The van der Waals surface area contributed by atoms with Crippen molar-refractivity contribution in [2.45, 2.75) is 6.42 Å². The van der Waals surface area contributed by atoms with E-state index >= 15 is 0 Å². The highest BCUT2D eigenvalue weighted by molar-refractivity contribution is 6.30. The van der Waals surface area contributed by atoms with Gasteiger partial charge in [-0.1, -0.05) is 18.2 Å². The van der Waals surface area contributed by atoms with Crippen molar-refractivity contribution in [3.63, 3.8) is 0 Å². The standard InChI is InChI=1S/C9H9N3.ClH/c10-8-5-7-3-1-2-4-9(7)12-11-6-8;/h1-4,6,10,12H,5H2;1H. The van der Waals surface area contributed by atoms with Crippen LogP contribution in [0.3, 0.4) is 0 Å². The van der Waals surface area contributed by atoms with Gasteiger partial charge in [0.25, 0.3) is 0 Å². The molecule has 3 nitrogen and oxygen atoms in total. The van der Waals surface area contributed by atoms with E-state index in [-0.39, 0.29) is 12.4 Å². The Morgan fingerprint density at radius 3 is 2.92 bits per heavy atom. The van der Waals surface area contributed by atoms with Crippen LogP contribution in [0.2, 0.25) is 0 Å². The van der Waals surface area contributed by atoms with Crippen molar-refractivity contribution < 1.29 is 0 Å². The minimum atomic E-state index is 0. The van der Waals surface area contributed by atoms with E-state index in [0.29, 0.717) is 12.1 Å². The quantitative estimate of drug-likeness (QED) is 0.654. The van der Waals surface area contributed by atoms with Crippen molar-refractivity contribution in [3.05, 3.63) is 29.8 Å². The van der Waals surface area contributed by atoms with Gasteiger partial charge in [0.1, 0.15) is 0 Å². The fourth-order valence-electron chi connectivity index (χ4n) is 1.21. The molecule has 68 valence electrons. The Labute approximate surface area is 82.8 Å². The van der Waals surface area contributed by atoms with Crippen LogP contribution in [0.1, 0.15) is 5.56 Å². The van der Waals surface area contributed by atoms with Crippen molar-refractivity contribution >= 4 is 30.0 Å². The van der Waals surface area contributed by atoms with E-state index in [0.717, 1.165) is 11.3 Å². The molecule has 0 saturated carbocycles. The van der Waals surface area contributed by atoms with E-state index in [9.17, 15) is 0 Å². The molecule has 1 aromatic rings. The Kier molecular flexibility index (Phi) is 3.03. The molecule has 0 spiro atoms. The fraction of sp³-hybridized carbons (Fsp3) is 0.111. The van der Waals surface area contributed by atoms with Gasteiger partial charge in [-0.2, -0.15) is 5.10 Å². The average molecular weight is 196 g/mol. The molecule has 0 aromatic heterocycles. The molecule has 0 fully saturated rings. The van der Waals surface area contributed by atoms with Crippen molar-refractivity contribution in [1.29, 1.82) is 5.41 Å². The van der Waals surface area contributed by atoms with Gasteiger partial charge in [-0.25, -0.2) is 0 Å². The predicted molar refractivity (Wildman–Crippen MR) is 57.2 cm³/mol. The number of hydrazone groups is 1. The Bertz CT molecular complexity index is 346. The molecular formula is C9H10ClN3. The molecule has 2 N–H and O–H groups in total. The van der Waals surface area contributed by atoms with Crippen molar-refractivity contribution in [1.82, 2.24) is 0 Å². The van der Waals surface area contributed by atoms with E-state index in [2.05, 4.69) is 10.5 Å². The number of rotatable bonds is 0. The Morgan fingerprint density at radius 1 is 1.31 bits per heavy atom. The number of para-hydroxylation sites is 1. The molecule has 0 aliphatic carbocycles. The third-order valence-corrected chi connectivity index (χ3v) is 1.80. The molecule has 0 radical (unpaired) electrons. The zero-order chi connectivity index (χ0) is 8.39. The second-order valence-corrected chi connectivity index (χ2v) is 2.73. The van der Waals surface area contributed by atoms with E-state index < -0.39 is 0 Å². The number of benzene rings is 1. The maximum Gasteiger partial charge on any atom is 0.0683 e. The molecule has 0 unspecified atom stereocenters. The molecule has 1 heterocycles.